The predicted octanol–water partition coefficient (Wildman–Crippen LogP) is 2.15. The number of hydrogen-bond acceptors (Lipinski definition) is 6. The highest BCUT2D eigenvalue weighted by molar-refractivity contribution is 5.98. The molecule has 0 aliphatic carbocycles. The minimum absolute atomic E-state index is 0.335. The van der Waals surface area contributed by atoms with Crippen LogP contribution in [0.15, 0.2) is 65.1 Å². The van der Waals surface area contributed by atoms with E-state index in [1.807, 2.05) is 30.3 Å². The Morgan fingerprint density at radius 3 is 2.64 bits per heavy atom. The fourth-order valence-electron chi connectivity index (χ4n) is 2.05. The maximum atomic E-state index is 12.3. The Morgan fingerprint density at radius 1 is 1.05 bits per heavy atom. The molecule has 2 atom stereocenters. The fourth-order valence-corrected chi connectivity index (χ4v) is 2.05. The van der Waals surface area contributed by atoms with Gasteiger partial charge in [-0.2, -0.15) is 10.2 Å². The molecule has 0 fully saturated rings. The lowest BCUT2D eigenvalue weighted by Gasteiger charge is -2.22. The molecule has 110 valence electrons. The average molecular weight is 294 g/mol. The lowest BCUT2D eigenvalue weighted by Crippen LogP contribution is -2.40. The van der Waals surface area contributed by atoms with E-state index in [4.69, 9.17) is 4.74 Å². The zero-order valence-electron chi connectivity index (χ0n) is 11.7. The van der Waals surface area contributed by atoms with E-state index in [0.717, 1.165) is 5.69 Å². The van der Waals surface area contributed by atoms with E-state index in [1.165, 1.54) is 6.21 Å². The number of nitrogens with zero attached hydrogens (tertiary/aromatic N) is 3. The third-order valence-corrected chi connectivity index (χ3v) is 3.14. The summed E-state index contributed by atoms with van der Waals surface area (Å²) in [6.07, 6.45) is 6.44. The highest BCUT2D eigenvalue weighted by atomic mass is 16.5. The number of carbonyl (C=O) groups is 1. The van der Waals surface area contributed by atoms with E-state index in [-0.39, 0.29) is 12.0 Å². The Labute approximate surface area is 127 Å². The zero-order chi connectivity index (χ0) is 15.2. The van der Waals surface area contributed by atoms with Crippen LogP contribution in [0.3, 0.4) is 0 Å². The third kappa shape index (κ3) is 3.35. The number of anilines is 1. The van der Waals surface area contributed by atoms with Gasteiger partial charge in [0.2, 0.25) is 0 Å². The van der Waals surface area contributed by atoms with E-state index in [9.17, 15) is 4.79 Å². The van der Waals surface area contributed by atoms with Gasteiger partial charge in [-0.15, -0.1) is 0 Å². The number of aromatic nitrogens is 1. The van der Waals surface area contributed by atoms with Gasteiger partial charge in [0.1, 0.15) is 11.7 Å². The Balaban J connectivity index is 1.71. The Bertz CT molecular complexity index is 686. The second-order valence-corrected chi connectivity index (χ2v) is 4.70. The molecule has 3 rings (SSSR count). The second kappa shape index (κ2) is 6.62. The maximum absolute atomic E-state index is 12.3. The largest absolute Gasteiger partial charge is 0.426 e. The number of hydrogen-bond donors (Lipinski definition) is 1. The number of benzene rings is 1. The summed E-state index contributed by atoms with van der Waals surface area (Å²) in [6, 6.07) is 12.3. The van der Waals surface area contributed by atoms with E-state index in [1.54, 1.807) is 30.7 Å². The molecule has 2 heterocycles. The summed E-state index contributed by atoms with van der Waals surface area (Å²) in [5.41, 5.74) is 0.798. The van der Waals surface area contributed by atoms with E-state index >= 15 is 0 Å². The summed E-state index contributed by atoms with van der Waals surface area (Å²) < 4.78 is 5.37. The predicted molar refractivity (Wildman–Crippen MR) is 84.2 cm³/mol. The van der Waals surface area contributed by atoms with Crippen LogP contribution in [0.2, 0.25) is 0 Å². The smallest absolute Gasteiger partial charge is 0.322 e. The lowest BCUT2D eigenvalue weighted by atomic mass is 10.0. The molecular weight excluding hydrogens is 280 g/mol. The Morgan fingerprint density at radius 2 is 1.86 bits per heavy atom. The van der Waals surface area contributed by atoms with Crippen LogP contribution < -0.4 is 10.1 Å². The maximum Gasteiger partial charge on any atom is 0.322 e. The van der Waals surface area contributed by atoms with Crippen molar-refractivity contribution in [2.75, 3.05) is 5.32 Å². The van der Waals surface area contributed by atoms with Gasteiger partial charge in [-0.25, -0.2) is 0 Å². The minimum atomic E-state index is -0.557. The highest BCUT2D eigenvalue weighted by Gasteiger charge is 2.29. The molecule has 2 aromatic rings. The summed E-state index contributed by atoms with van der Waals surface area (Å²) >= 11 is 0. The van der Waals surface area contributed by atoms with Gasteiger partial charge in [0.15, 0.2) is 0 Å². The van der Waals surface area contributed by atoms with Gasteiger partial charge in [-0.3, -0.25) is 9.78 Å². The topological polar surface area (TPSA) is 75.9 Å². The number of pyridine rings is 1. The summed E-state index contributed by atoms with van der Waals surface area (Å²) in [5, 5.41) is 10.8. The summed E-state index contributed by atoms with van der Waals surface area (Å²) in [5.74, 6) is -0.441. The molecule has 0 saturated heterocycles. The first kappa shape index (κ1) is 13.9. The molecule has 22 heavy (non-hydrogen) atoms. The van der Waals surface area contributed by atoms with Gasteiger partial charge in [0.05, 0.1) is 17.9 Å². The number of ether oxygens (including phenoxy) is 1. The number of carbonyl (C=O) groups excluding carboxylic acids is 1. The summed E-state index contributed by atoms with van der Waals surface area (Å²) in [7, 11) is 0. The van der Waals surface area contributed by atoms with Crippen molar-refractivity contribution in [1.29, 1.82) is 0 Å². The van der Waals surface area contributed by atoms with Crippen LogP contribution in [0.25, 0.3) is 0 Å². The molecule has 0 bridgehead atoms. The first-order chi connectivity index (χ1) is 10.8. The standard InChI is InChI=1S/C16H14N4O2/c21-16(22-13-6-2-1-3-7-13)14-10-18-19-11-15(14)20-12-5-4-8-17-9-12/h1-11,14-15,20H. The number of nitrogens with one attached hydrogen (secondary N) is 1. The van der Waals surface area contributed by atoms with Crippen LogP contribution in [-0.4, -0.2) is 29.4 Å². The molecule has 1 aromatic carbocycles. The van der Waals surface area contributed by atoms with Gasteiger partial charge in [0.25, 0.3) is 0 Å². The second-order valence-electron chi connectivity index (χ2n) is 4.70. The van der Waals surface area contributed by atoms with E-state index in [0.29, 0.717) is 5.75 Å². The molecule has 2 unspecified atom stereocenters. The third-order valence-electron chi connectivity index (χ3n) is 3.14. The van der Waals surface area contributed by atoms with Crippen LogP contribution in [0, 0.1) is 5.92 Å². The zero-order valence-corrected chi connectivity index (χ0v) is 11.7. The van der Waals surface area contributed by atoms with Crippen LogP contribution in [0.1, 0.15) is 0 Å². The summed E-state index contributed by atoms with van der Waals surface area (Å²) in [4.78, 5) is 16.4. The van der Waals surface area contributed by atoms with Crippen molar-refractivity contribution in [2.45, 2.75) is 6.04 Å². The average Bonchev–Trinajstić information content (AvgIpc) is 2.57. The van der Waals surface area contributed by atoms with Crippen molar-refractivity contribution in [3.8, 4) is 5.75 Å². The Kier molecular flexibility index (Phi) is 4.20. The summed E-state index contributed by atoms with van der Waals surface area (Å²) in [6.45, 7) is 0. The van der Waals surface area contributed by atoms with Gasteiger partial charge in [-0.05, 0) is 24.3 Å². The minimum Gasteiger partial charge on any atom is -0.426 e. The highest BCUT2D eigenvalue weighted by Crippen LogP contribution is 2.16. The van der Waals surface area contributed by atoms with Crippen molar-refractivity contribution < 1.29 is 9.53 Å². The number of esters is 1. The molecule has 6 nitrogen and oxygen atoms in total. The number of rotatable bonds is 4. The SMILES string of the molecule is O=C(Oc1ccccc1)C1C=NN=CC1Nc1cccnc1. The van der Waals surface area contributed by atoms with Gasteiger partial charge >= 0.3 is 5.97 Å². The molecule has 0 saturated carbocycles. The molecule has 0 amide bonds. The molecule has 1 aromatic heterocycles. The van der Waals surface area contributed by atoms with Crippen molar-refractivity contribution >= 4 is 24.1 Å². The van der Waals surface area contributed by atoms with Crippen molar-refractivity contribution in [3.05, 3.63) is 54.9 Å². The van der Waals surface area contributed by atoms with Crippen molar-refractivity contribution in [2.24, 2.45) is 16.1 Å². The molecule has 6 heteroatoms. The molecular formula is C16H14N4O2. The molecule has 1 N–H and O–H groups in total. The van der Waals surface area contributed by atoms with Gasteiger partial charge in [0, 0.05) is 18.6 Å². The van der Waals surface area contributed by atoms with Crippen LogP contribution in [0.5, 0.6) is 5.75 Å². The quantitative estimate of drug-likeness (QED) is 0.692. The Hall–Kier alpha value is -3.02. The van der Waals surface area contributed by atoms with Gasteiger partial charge in [-0.1, -0.05) is 18.2 Å². The molecule has 0 radical (unpaired) electrons. The number of para-hydroxylation sites is 1. The van der Waals surface area contributed by atoms with Crippen LogP contribution in [-0.2, 0) is 4.79 Å². The normalized spacial score (nSPS) is 19.6. The lowest BCUT2D eigenvalue weighted by molar-refractivity contribution is -0.136. The van der Waals surface area contributed by atoms with Crippen molar-refractivity contribution in [3.63, 3.8) is 0 Å². The van der Waals surface area contributed by atoms with Crippen molar-refractivity contribution in [1.82, 2.24) is 4.98 Å². The molecule has 1 aliphatic rings. The first-order valence-electron chi connectivity index (χ1n) is 6.83. The fraction of sp³-hybridized carbons (Fsp3) is 0.125. The molecule has 1 aliphatic heterocycles. The monoisotopic (exact) mass is 294 g/mol. The van der Waals surface area contributed by atoms with E-state index < -0.39 is 5.92 Å². The van der Waals surface area contributed by atoms with E-state index in [2.05, 4.69) is 20.5 Å². The van der Waals surface area contributed by atoms with Crippen LogP contribution in [0.4, 0.5) is 5.69 Å². The molecule has 0 spiro atoms. The first-order valence-corrected chi connectivity index (χ1v) is 6.83. The van der Waals surface area contributed by atoms with Gasteiger partial charge < -0.3 is 10.1 Å². The van der Waals surface area contributed by atoms with Crippen LogP contribution >= 0.6 is 0 Å².